The van der Waals surface area contributed by atoms with E-state index in [-0.39, 0.29) is 18.0 Å². The lowest BCUT2D eigenvalue weighted by atomic mass is 10.0. The van der Waals surface area contributed by atoms with Gasteiger partial charge >= 0.3 is 0 Å². The van der Waals surface area contributed by atoms with E-state index in [2.05, 4.69) is 33.2 Å². The van der Waals surface area contributed by atoms with Gasteiger partial charge in [0.05, 0.1) is 18.8 Å². The number of aryl methyl sites for hydroxylation is 1. The molecule has 1 amide bonds. The number of fused-ring (bicyclic) bond motifs is 1. The minimum absolute atomic E-state index is 0.120. The second-order valence-corrected chi connectivity index (χ2v) is 8.89. The van der Waals surface area contributed by atoms with Crippen molar-refractivity contribution in [2.75, 3.05) is 12.4 Å². The first kappa shape index (κ1) is 21.3. The van der Waals surface area contributed by atoms with Gasteiger partial charge in [0.1, 0.15) is 17.1 Å². The number of amides is 1. The molecular weight excluding hydrogens is 478 g/mol. The molecule has 1 N–H and O–H groups in total. The molecule has 158 valence electrons. The average molecular weight is 498 g/mol. The quantitative estimate of drug-likeness (QED) is 0.402. The lowest BCUT2D eigenvalue weighted by molar-refractivity contribution is -0.116. The van der Waals surface area contributed by atoms with Crippen molar-refractivity contribution in [2.45, 2.75) is 19.9 Å². The smallest absolute Gasteiger partial charge is 0.263 e. The van der Waals surface area contributed by atoms with Gasteiger partial charge in [-0.25, -0.2) is 4.98 Å². The van der Waals surface area contributed by atoms with Gasteiger partial charge in [0.25, 0.3) is 5.56 Å². The topological polar surface area (TPSA) is 73.2 Å². The molecule has 2 heterocycles. The highest BCUT2D eigenvalue weighted by Gasteiger charge is 2.19. The Labute approximate surface area is 191 Å². The Balaban J connectivity index is 1.68. The van der Waals surface area contributed by atoms with Crippen LogP contribution in [0.4, 0.5) is 5.69 Å². The molecule has 0 atom stereocenters. The summed E-state index contributed by atoms with van der Waals surface area (Å²) in [5.74, 6) is 0.401. The number of ether oxygens (including phenoxy) is 1. The summed E-state index contributed by atoms with van der Waals surface area (Å²) < 4.78 is 7.45. The largest absolute Gasteiger partial charge is 0.497 e. The van der Waals surface area contributed by atoms with Gasteiger partial charge in [-0.3, -0.25) is 14.2 Å². The molecule has 8 heteroatoms. The zero-order valence-electron chi connectivity index (χ0n) is 17.0. The van der Waals surface area contributed by atoms with Crippen molar-refractivity contribution in [1.29, 1.82) is 0 Å². The van der Waals surface area contributed by atoms with Gasteiger partial charge in [-0.1, -0.05) is 35.0 Å². The highest BCUT2D eigenvalue weighted by atomic mass is 79.9. The molecule has 0 aliphatic heterocycles. The van der Waals surface area contributed by atoms with Gasteiger partial charge in [0.2, 0.25) is 5.91 Å². The third-order valence-corrected chi connectivity index (χ3v) is 6.66. The van der Waals surface area contributed by atoms with Crippen LogP contribution in [-0.2, 0) is 17.8 Å². The molecule has 0 unspecified atom stereocenters. The molecule has 2 aromatic heterocycles. The number of rotatable bonds is 6. The summed E-state index contributed by atoms with van der Waals surface area (Å²) in [6, 6.07) is 14.9. The predicted octanol–water partition coefficient (Wildman–Crippen LogP) is 5.10. The molecule has 0 spiro atoms. The lowest BCUT2D eigenvalue weighted by Crippen LogP contribution is -2.27. The number of nitrogens with zero attached hydrogens (tertiary/aromatic N) is 2. The van der Waals surface area contributed by atoms with Crippen LogP contribution >= 0.6 is 27.3 Å². The van der Waals surface area contributed by atoms with Crippen LogP contribution in [0, 0.1) is 0 Å². The van der Waals surface area contributed by atoms with Gasteiger partial charge < -0.3 is 10.1 Å². The standard InChI is InChI=1S/C23H20BrN3O3S/c1-3-18-20(14-4-6-15(24)7-5-14)21-22(31-18)25-13-27(23(21)29)12-19(28)26-16-8-10-17(30-2)11-9-16/h4-11,13H,3,12H2,1-2H3,(H,26,28). The highest BCUT2D eigenvalue weighted by Crippen LogP contribution is 2.36. The van der Waals surface area contributed by atoms with Crippen molar-refractivity contribution in [1.82, 2.24) is 9.55 Å². The second-order valence-electron chi connectivity index (χ2n) is 6.90. The minimum atomic E-state index is -0.301. The number of anilines is 1. The summed E-state index contributed by atoms with van der Waals surface area (Å²) in [4.78, 5) is 32.1. The Kier molecular flexibility index (Phi) is 6.20. The van der Waals surface area contributed by atoms with Crippen molar-refractivity contribution in [3.63, 3.8) is 0 Å². The van der Waals surface area contributed by atoms with E-state index in [0.29, 0.717) is 21.7 Å². The first-order valence-corrected chi connectivity index (χ1v) is 11.3. The van der Waals surface area contributed by atoms with Crippen LogP contribution in [0.15, 0.2) is 64.1 Å². The molecule has 6 nitrogen and oxygen atoms in total. The Morgan fingerprint density at radius 3 is 2.52 bits per heavy atom. The number of nitrogens with one attached hydrogen (secondary N) is 1. The molecule has 2 aromatic carbocycles. The van der Waals surface area contributed by atoms with E-state index in [1.807, 2.05) is 24.3 Å². The van der Waals surface area contributed by atoms with Gasteiger partial charge in [-0.2, -0.15) is 0 Å². The molecule has 0 saturated heterocycles. The number of carbonyl (C=O) groups excluding carboxylic acids is 1. The third-order valence-electron chi connectivity index (χ3n) is 4.89. The number of aromatic nitrogens is 2. The monoisotopic (exact) mass is 497 g/mol. The highest BCUT2D eigenvalue weighted by molar-refractivity contribution is 9.10. The van der Waals surface area contributed by atoms with Crippen LogP contribution in [0.25, 0.3) is 21.3 Å². The van der Waals surface area contributed by atoms with Gasteiger partial charge in [-0.05, 0) is 48.4 Å². The maximum atomic E-state index is 13.3. The van der Waals surface area contributed by atoms with E-state index in [1.165, 1.54) is 22.2 Å². The maximum Gasteiger partial charge on any atom is 0.263 e. The SMILES string of the molecule is CCc1sc2ncn(CC(=O)Nc3ccc(OC)cc3)c(=O)c2c1-c1ccc(Br)cc1. The summed E-state index contributed by atoms with van der Waals surface area (Å²) in [7, 11) is 1.58. The van der Waals surface area contributed by atoms with Crippen LogP contribution in [0.1, 0.15) is 11.8 Å². The molecule has 0 aliphatic rings. The van der Waals surface area contributed by atoms with Crippen molar-refractivity contribution in [3.8, 4) is 16.9 Å². The number of benzene rings is 2. The summed E-state index contributed by atoms with van der Waals surface area (Å²) in [5.41, 5.74) is 2.28. The van der Waals surface area contributed by atoms with E-state index in [1.54, 1.807) is 31.4 Å². The minimum Gasteiger partial charge on any atom is -0.497 e. The number of halogens is 1. The summed E-state index contributed by atoms with van der Waals surface area (Å²) in [6.07, 6.45) is 2.24. The van der Waals surface area contributed by atoms with Crippen LogP contribution in [0.3, 0.4) is 0 Å². The van der Waals surface area contributed by atoms with E-state index in [0.717, 1.165) is 26.9 Å². The van der Waals surface area contributed by atoms with E-state index < -0.39 is 0 Å². The normalized spacial score (nSPS) is 10.9. The van der Waals surface area contributed by atoms with Crippen molar-refractivity contribution < 1.29 is 9.53 Å². The maximum absolute atomic E-state index is 13.3. The van der Waals surface area contributed by atoms with E-state index >= 15 is 0 Å². The molecule has 4 rings (SSSR count). The molecule has 31 heavy (non-hydrogen) atoms. The lowest BCUT2D eigenvalue weighted by Gasteiger charge is -2.09. The number of hydrogen-bond donors (Lipinski definition) is 1. The van der Waals surface area contributed by atoms with E-state index in [9.17, 15) is 9.59 Å². The summed E-state index contributed by atoms with van der Waals surface area (Å²) in [5, 5.41) is 3.36. The Morgan fingerprint density at radius 1 is 1.16 bits per heavy atom. The number of carbonyl (C=O) groups is 1. The fraction of sp³-hybridized carbons (Fsp3) is 0.174. The Bertz CT molecular complexity index is 1290. The molecule has 0 aliphatic carbocycles. The summed E-state index contributed by atoms with van der Waals surface area (Å²) >= 11 is 4.98. The molecule has 0 fully saturated rings. The fourth-order valence-corrected chi connectivity index (χ4v) is 4.74. The number of thiophene rings is 1. The van der Waals surface area contributed by atoms with Crippen LogP contribution in [-0.4, -0.2) is 22.6 Å². The first-order valence-electron chi connectivity index (χ1n) is 9.70. The van der Waals surface area contributed by atoms with Gasteiger partial charge in [-0.15, -0.1) is 11.3 Å². The Hall–Kier alpha value is -2.97. The number of methoxy groups -OCH3 is 1. The molecule has 0 bridgehead atoms. The number of hydrogen-bond acceptors (Lipinski definition) is 5. The van der Waals surface area contributed by atoms with Gasteiger partial charge in [0.15, 0.2) is 0 Å². The van der Waals surface area contributed by atoms with Crippen LogP contribution in [0.5, 0.6) is 5.75 Å². The predicted molar refractivity (Wildman–Crippen MR) is 128 cm³/mol. The molecule has 0 radical (unpaired) electrons. The third kappa shape index (κ3) is 4.40. The fourth-order valence-electron chi connectivity index (χ4n) is 3.39. The molecular formula is C23H20BrN3O3S. The second kappa shape index (κ2) is 9.03. The van der Waals surface area contributed by atoms with Crippen LogP contribution in [0.2, 0.25) is 0 Å². The average Bonchev–Trinajstić information content (AvgIpc) is 3.16. The first-order chi connectivity index (χ1) is 15.0. The van der Waals surface area contributed by atoms with Crippen molar-refractivity contribution in [3.05, 3.63) is 74.6 Å². The van der Waals surface area contributed by atoms with Crippen molar-refractivity contribution >= 4 is 49.1 Å². The zero-order chi connectivity index (χ0) is 22.0. The van der Waals surface area contributed by atoms with E-state index in [4.69, 9.17) is 4.74 Å². The Morgan fingerprint density at radius 2 is 1.87 bits per heavy atom. The van der Waals surface area contributed by atoms with Crippen molar-refractivity contribution in [2.24, 2.45) is 0 Å². The molecule has 4 aromatic rings. The molecule has 0 saturated carbocycles. The van der Waals surface area contributed by atoms with Gasteiger partial charge in [0, 0.05) is 20.6 Å². The summed E-state index contributed by atoms with van der Waals surface area (Å²) in [6.45, 7) is 1.94. The zero-order valence-corrected chi connectivity index (χ0v) is 19.4. The van der Waals surface area contributed by atoms with Crippen LogP contribution < -0.4 is 15.6 Å².